The molecule has 0 saturated heterocycles. The number of para-hydroxylation sites is 3. The molecule has 10 aromatic rings. The highest BCUT2D eigenvalue weighted by atomic mass is 15.1. The van der Waals surface area contributed by atoms with Crippen LogP contribution in [-0.2, 0) is 0 Å². The van der Waals surface area contributed by atoms with Crippen LogP contribution in [0.3, 0.4) is 0 Å². The Morgan fingerprint density at radius 2 is 0.833 bits per heavy atom. The fourth-order valence-corrected chi connectivity index (χ4v) is 8.07. The maximum atomic E-state index is 2.47. The zero-order valence-corrected chi connectivity index (χ0v) is 29.7. The van der Waals surface area contributed by atoms with Crippen LogP contribution < -0.4 is 4.90 Å². The molecule has 10 rings (SSSR count). The molecular weight excluding hydrogens is 653 g/mol. The third-order valence-electron chi connectivity index (χ3n) is 10.6. The summed E-state index contributed by atoms with van der Waals surface area (Å²) < 4.78 is 2.47. The van der Waals surface area contributed by atoms with Crippen molar-refractivity contribution in [2.24, 2.45) is 0 Å². The number of rotatable bonds is 7. The minimum atomic E-state index is 1.09. The molecule has 0 aliphatic carbocycles. The molecule has 254 valence electrons. The van der Waals surface area contributed by atoms with Crippen molar-refractivity contribution in [1.29, 1.82) is 0 Å². The van der Waals surface area contributed by atoms with Gasteiger partial charge in [-0.15, -0.1) is 0 Å². The van der Waals surface area contributed by atoms with E-state index in [0.29, 0.717) is 0 Å². The molecule has 2 heteroatoms. The maximum Gasteiger partial charge on any atom is 0.0619 e. The van der Waals surface area contributed by atoms with E-state index in [1.54, 1.807) is 0 Å². The minimum absolute atomic E-state index is 1.09. The summed E-state index contributed by atoms with van der Waals surface area (Å²) in [5, 5.41) is 5.01. The van der Waals surface area contributed by atoms with Crippen molar-refractivity contribution in [2.75, 3.05) is 4.90 Å². The highest BCUT2D eigenvalue weighted by Gasteiger charge is 2.20. The lowest BCUT2D eigenvalue weighted by atomic mass is 10.00. The molecule has 0 N–H and O–H groups in total. The van der Waals surface area contributed by atoms with Crippen molar-refractivity contribution in [1.82, 2.24) is 4.57 Å². The largest absolute Gasteiger partial charge is 0.310 e. The maximum absolute atomic E-state index is 2.47. The van der Waals surface area contributed by atoms with Gasteiger partial charge in [0.15, 0.2) is 0 Å². The number of benzene rings is 9. The standard InChI is InChI=1S/C52H36N2/c1-3-15-37(16-4-1)38-27-32-42(33-28-38)53(49-24-12-9-20-44(49)39-17-5-2-6-18-39)43-34-29-41(30-35-43)45-21-10-13-25-50(45)54-51-26-14-11-23-47(51)48-36-31-40-19-7-8-22-46(40)52(48)54/h1-36H. The number of fused-ring (bicyclic) bond motifs is 5. The third kappa shape index (κ3) is 5.44. The van der Waals surface area contributed by atoms with Crippen LogP contribution >= 0.6 is 0 Å². The average Bonchev–Trinajstić information content (AvgIpc) is 3.60. The SMILES string of the molecule is c1ccc(-c2ccc(N(c3ccc(-c4ccccc4-n4c5ccccc5c5ccc6ccccc6c54)cc3)c3ccccc3-c3ccccc3)cc2)cc1. The van der Waals surface area contributed by atoms with Gasteiger partial charge in [-0.05, 0) is 70.1 Å². The van der Waals surface area contributed by atoms with E-state index in [9.17, 15) is 0 Å². The fraction of sp³-hybridized carbons (Fsp3) is 0. The second-order valence-corrected chi connectivity index (χ2v) is 13.7. The highest BCUT2D eigenvalue weighted by Crippen LogP contribution is 2.43. The molecule has 0 saturated carbocycles. The van der Waals surface area contributed by atoms with E-state index in [4.69, 9.17) is 0 Å². The number of hydrogen-bond acceptors (Lipinski definition) is 1. The molecule has 0 radical (unpaired) electrons. The Morgan fingerprint density at radius 3 is 1.57 bits per heavy atom. The molecule has 0 unspecified atom stereocenters. The lowest BCUT2D eigenvalue weighted by molar-refractivity contribution is 1.19. The number of hydrogen-bond donors (Lipinski definition) is 0. The van der Waals surface area contributed by atoms with Crippen molar-refractivity contribution in [2.45, 2.75) is 0 Å². The van der Waals surface area contributed by atoms with Crippen molar-refractivity contribution >= 4 is 49.6 Å². The van der Waals surface area contributed by atoms with Crippen LogP contribution in [0, 0.1) is 0 Å². The Bertz CT molecular complexity index is 2910. The summed E-state index contributed by atoms with van der Waals surface area (Å²) in [7, 11) is 0. The van der Waals surface area contributed by atoms with E-state index in [1.807, 2.05) is 0 Å². The molecule has 0 aliphatic heterocycles. The number of aromatic nitrogens is 1. The van der Waals surface area contributed by atoms with Gasteiger partial charge in [-0.25, -0.2) is 0 Å². The quantitative estimate of drug-likeness (QED) is 0.162. The zero-order valence-electron chi connectivity index (χ0n) is 29.7. The van der Waals surface area contributed by atoms with Crippen LogP contribution in [0.15, 0.2) is 218 Å². The Balaban J connectivity index is 1.12. The van der Waals surface area contributed by atoms with E-state index in [0.717, 1.165) is 28.3 Å². The van der Waals surface area contributed by atoms with Crippen molar-refractivity contribution in [3.63, 3.8) is 0 Å². The molecule has 1 heterocycles. The van der Waals surface area contributed by atoms with Gasteiger partial charge in [0.05, 0.1) is 22.4 Å². The van der Waals surface area contributed by atoms with E-state index < -0.39 is 0 Å². The normalized spacial score (nSPS) is 11.3. The minimum Gasteiger partial charge on any atom is -0.310 e. The second kappa shape index (κ2) is 13.4. The van der Waals surface area contributed by atoms with Gasteiger partial charge in [0.2, 0.25) is 0 Å². The van der Waals surface area contributed by atoms with E-state index >= 15 is 0 Å². The summed E-state index contributed by atoms with van der Waals surface area (Å²) in [4.78, 5) is 2.38. The molecular formula is C52H36N2. The van der Waals surface area contributed by atoms with Gasteiger partial charge in [-0.3, -0.25) is 0 Å². The van der Waals surface area contributed by atoms with Crippen molar-refractivity contribution in [3.8, 4) is 39.1 Å². The van der Waals surface area contributed by atoms with Crippen LogP contribution in [0.2, 0.25) is 0 Å². The Labute approximate surface area is 315 Å². The van der Waals surface area contributed by atoms with Crippen LogP contribution in [0.5, 0.6) is 0 Å². The molecule has 0 fully saturated rings. The lowest BCUT2D eigenvalue weighted by Crippen LogP contribution is -2.11. The van der Waals surface area contributed by atoms with Crippen LogP contribution in [0.4, 0.5) is 17.1 Å². The molecule has 0 amide bonds. The number of nitrogens with zero attached hydrogens (tertiary/aromatic N) is 2. The van der Waals surface area contributed by atoms with Gasteiger partial charge in [0.25, 0.3) is 0 Å². The third-order valence-corrected chi connectivity index (χ3v) is 10.6. The first-order valence-electron chi connectivity index (χ1n) is 18.5. The first kappa shape index (κ1) is 31.6. The molecule has 2 nitrogen and oxygen atoms in total. The first-order chi connectivity index (χ1) is 26.8. The summed E-state index contributed by atoms with van der Waals surface area (Å²) in [6.07, 6.45) is 0. The van der Waals surface area contributed by atoms with Crippen LogP contribution in [0.25, 0.3) is 71.6 Å². The summed E-state index contributed by atoms with van der Waals surface area (Å²) in [6.45, 7) is 0. The average molecular weight is 689 g/mol. The van der Waals surface area contributed by atoms with Gasteiger partial charge in [0.1, 0.15) is 0 Å². The predicted octanol–water partition coefficient (Wildman–Crippen LogP) is 14.4. The van der Waals surface area contributed by atoms with Crippen molar-refractivity contribution in [3.05, 3.63) is 218 Å². The monoisotopic (exact) mass is 688 g/mol. The summed E-state index contributed by atoms with van der Waals surface area (Å²) >= 11 is 0. The topological polar surface area (TPSA) is 8.17 Å². The molecule has 0 spiro atoms. The van der Waals surface area contributed by atoms with Gasteiger partial charge in [-0.1, -0.05) is 176 Å². The Morgan fingerprint density at radius 1 is 0.315 bits per heavy atom. The van der Waals surface area contributed by atoms with Gasteiger partial charge in [0, 0.05) is 38.7 Å². The summed E-state index contributed by atoms with van der Waals surface area (Å²) in [5.41, 5.74) is 14.0. The van der Waals surface area contributed by atoms with Gasteiger partial charge < -0.3 is 9.47 Å². The molecule has 0 bridgehead atoms. The molecule has 9 aromatic carbocycles. The Hall–Kier alpha value is -7.16. The highest BCUT2D eigenvalue weighted by molar-refractivity contribution is 6.18. The molecule has 54 heavy (non-hydrogen) atoms. The van der Waals surface area contributed by atoms with Crippen molar-refractivity contribution < 1.29 is 0 Å². The zero-order chi connectivity index (χ0) is 35.8. The van der Waals surface area contributed by atoms with Gasteiger partial charge in [-0.2, -0.15) is 0 Å². The van der Waals surface area contributed by atoms with E-state index in [2.05, 4.69) is 228 Å². The van der Waals surface area contributed by atoms with E-state index in [1.165, 1.54) is 60.4 Å². The second-order valence-electron chi connectivity index (χ2n) is 13.7. The summed E-state index contributed by atoms with van der Waals surface area (Å²) in [6, 6.07) is 78.8. The fourth-order valence-electron chi connectivity index (χ4n) is 8.07. The molecule has 1 aromatic heterocycles. The first-order valence-corrected chi connectivity index (χ1v) is 18.5. The summed E-state index contributed by atoms with van der Waals surface area (Å²) in [5.74, 6) is 0. The van der Waals surface area contributed by atoms with Gasteiger partial charge >= 0.3 is 0 Å². The van der Waals surface area contributed by atoms with Crippen LogP contribution in [-0.4, -0.2) is 4.57 Å². The van der Waals surface area contributed by atoms with Crippen LogP contribution in [0.1, 0.15) is 0 Å². The lowest BCUT2D eigenvalue weighted by Gasteiger charge is -2.28. The molecule has 0 atom stereocenters. The number of anilines is 3. The smallest absolute Gasteiger partial charge is 0.0619 e. The van der Waals surface area contributed by atoms with E-state index in [-0.39, 0.29) is 0 Å². The predicted molar refractivity (Wildman–Crippen MR) is 229 cm³/mol. The molecule has 0 aliphatic rings. The Kier molecular flexibility index (Phi) is 7.85.